The van der Waals surface area contributed by atoms with Crippen molar-refractivity contribution in [3.05, 3.63) is 55.8 Å². The Morgan fingerprint density at radius 3 is 2.62 bits per heavy atom. The fourth-order valence-corrected chi connectivity index (χ4v) is 6.38. The van der Waals surface area contributed by atoms with Gasteiger partial charge in [0.15, 0.2) is 0 Å². The Bertz CT molecular complexity index is 585. The van der Waals surface area contributed by atoms with Gasteiger partial charge in [-0.3, -0.25) is 0 Å². The van der Waals surface area contributed by atoms with Crippen LogP contribution in [0.3, 0.4) is 0 Å². The molecule has 1 aromatic carbocycles. The van der Waals surface area contributed by atoms with Crippen LogP contribution in [0.2, 0.25) is 0 Å². The lowest BCUT2D eigenvalue weighted by Crippen LogP contribution is -2.52. The lowest BCUT2D eigenvalue weighted by Gasteiger charge is -2.40. The standard InChI is InChI=1S/C15H15I2NOS2/c1-3-6-21(19)15(10-18(2)5-4-14(15)20)11-7-12(16)9-13(17)8-11/h3-5,7-9H,1,6,10H2,2H3. The normalized spacial score (nSPS) is 23.2. The van der Waals surface area contributed by atoms with Gasteiger partial charge in [-0.1, -0.05) is 18.8 Å². The maximum atomic E-state index is 13.0. The zero-order valence-corrected chi connectivity index (χ0v) is 17.5. The van der Waals surface area contributed by atoms with Crippen LogP contribution in [0.4, 0.5) is 0 Å². The number of nitrogens with zero attached hydrogens (tertiary/aromatic N) is 1. The molecule has 0 aliphatic carbocycles. The van der Waals surface area contributed by atoms with Gasteiger partial charge in [0, 0.05) is 26.0 Å². The largest absolute Gasteiger partial charge is 0.615 e. The van der Waals surface area contributed by atoms with Crippen molar-refractivity contribution in [3.63, 3.8) is 0 Å². The van der Waals surface area contributed by atoms with E-state index in [0.717, 1.165) is 17.6 Å². The molecule has 112 valence electrons. The van der Waals surface area contributed by atoms with E-state index in [1.807, 2.05) is 24.2 Å². The highest BCUT2D eigenvalue weighted by atomic mass is 127. The number of likely N-dealkylation sites (N-methyl/N-ethyl adjacent to an activating group) is 1. The monoisotopic (exact) mass is 543 g/mol. The van der Waals surface area contributed by atoms with Gasteiger partial charge in [0.05, 0.1) is 11.4 Å². The van der Waals surface area contributed by atoms with Crippen molar-refractivity contribution in [1.29, 1.82) is 0 Å². The minimum Gasteiger partial charge on any atom is -0.615 e. The summed E-state index contributed by atoms with van der Waals surface area (Å²) in [7, 11) is 1.98. The van der Waals surface area contributed by atoms with Crippen LogP contribution in [-0.4, -0.2) is 33.7 Å². The molecule has 0 fully saturated rings. The lowest BCUT2D eigenvalue weighted by atomic mass is 9.92. The molecule has 1 aromatic rings. The van der Waals surface area contributed by atoms with Gasteiger partial charge in [-0.15, -0.1) is 0 Å². The molecule has 0 amide bonds. The summed E-state index contributed by atoms with van der Waals surface area (Å²) in [6.45, 7) is 4.35. The van der Waals surface area contributed by atoms with E-state index >= 15 is 0 Å². The fraction of sp³-hybridized carbons (Fsp3) is 0.267. The zero-order chi connectivity index (χ0) is 15.6. The van der Waals surface area contributed by atoms with Crippen LogP contribution in [-0.2, 0) is 15.9 Å². The quantitative estimate of drug-likeness (QED) is 0.250. The first kappa shape index (κ1) is 17.7. The highest BCUT2D eigenvalue weighted by Crippen LogP contribution is 2.38. The van der Waals surface area contributed by atoms with Gasteiger partial charge in [-0.05, 0) is 86.7 Å². The Labute approximate surface area is 161 Å². The molecular formula is C15H15I2NOS2. The Morgan fingerprint density at radius 2 is 2.05 bits per heavy atom. The average Bonchev–Trinajstić information content (AvgIpc) is 2.40. The van der Waals surface area contributed by atoms with E-state index in [0.29, 0.717) is 12.3 Å². The summed E-state index contributed by atoms with van der Waals surface area (Å²) in [5.74, 6) is 0.434. The van der Waals surface area contributed by atoms with Crippen molar-refractivity contribution < 1.29 is 4.55 Å². The van der Waals surface area contributed by atoms with Crippen LogP contribution >= 0.6 is 57.4 Å². The SMILES string of the molecule is C=CC[S+]([O-])C1(c2cc(I)cc(I)c2)CN(C)C=CC1=S. The van der Waals surface area contributed by atoms with E-state index < -0.39 is 15.9 Å². The van der Waals surface area contributed by atoms with Gasteiger partial charge >= 0.3 is 0 Å². The molecule has 0 saturated carbocycles. The van der Waals surface area contributed by atoms with Crippen LogP contribution in [0.25, 0.3) is 0 Å². The summed E-state index contributed by atoms with van der Waals surface area (Å²) in [4.78, 5) is 2.78. The topological polar surface area (TPSA) is 26.3 Å². The molecule has 6 heteroatoms. The van der Waals surface area contributed by atoms with Gasteiger partial charge in [-0.25, -0.2) is 0 Å². The minimum absolute atomic E-state index is 0.434. The second-order valence-electron chi connectivity index (χ2n) is 4.88. The maximum absolute atomic E-state index is 13.0. The molecule has 0 saturated heterocycles. The molecule has 2 nitrogen and oxygen atoms in total. The molecule has 1 heterocycles. The minimum atomic E-state index is -1.14. The van der Waals surface area contributed by atoms with Gasteiger partial charge in [0.2, 0.25) is 4.75 Å². The molecule has 21 heavy (non-hydrogen) atoms. The molecule has 0 N–H and O–H groups in total. The highest BCUT2D eigenvalue weighted by Gasteiger charge is 2.49. The molecule has 0 bridgehead atoms. The summed E-state index contributed by atoms with van der Waals surface area (Å²) in [5, 5.41) is 0. The fourth-order valence-electron chi connectivity index (χ4n) is 2.40. The first-order valence-corrected chi connectivity index (χ1v) is 10.2. The highest BCUT2D eigenvalue weighted by molar-refractivity contribution is 14.1. The van der Waals surface area contributed by atoms with Crippen LogP contribution < -0.4 is 0 Å². The number of halogens is 2. The predicted molar refractivity (Wildman–Crippen MR) is 111 cm³/mol. The van der Waals surface area contributed by atoms with Crippen LogP contribution in [0.15, 0.2) is 43.1 Å². The molecule has 1 aliphatic heterocycles. The summed E-state index contributed by atoms with van der Waals surface area (Å²) in [6, 6.07) is 6.27. The van der Waals surface area contributed by atoms with E-state index in [2.05, 4.69) is 70.0 Å². The molecule has 0 aromatic heterocycles. The number of allylic oxidation sites excluding steroid dienone is 1. The van der Waals surface area contributed by atoms with E-state index in [-0.39, 0.29) is 0 Å². The lowest BCUT2D eigenvalue weighted by molar-refractivity contribution is 0.411. The van der Waals surface area contributed by atoms with E-state index in [1.165, 1.54) is 0 Å². The Balaban J connectivity index is 2.63. The average molecular weight is 543 g/mol. The van der Waals surface area contributed by atoms with Crippen molar-refractivity contribution in [3.8, 4) is 0 Å². The van der Waals surface area contributed by atoms with Crippen molar-refractivity contribution >= 4 is 73.4 Å². The number of hydrogen-bond donors (Lipinski definition) is 0. The van der Waals surface area contributed by atoms with Gasteiger partial charge in [0.1, 0.15) is 5.75 Å². The van der Waals surface area contributed by atoms with Crippen molar-refractivity contribution in [2.24, 2.45) is 0 Å². The first-order chi connectivity index (χ1) is 9.90. The van der Waals surface area contributed by atoms with E-state index in [9.17, 15) is 4.55 Å². The number of hydrogen-bond acceptors (Lipinski definition) is 3. The third-order valence-corrected chi connectivity index (χ3v) is 7.10. The number of benzene rings is 1. The molecule has 0 radical (unpaired) electrons. The third kappa shape index (κ3) is 3.65. The molecule has 0 spiro atoms. The molecular weight excluding hydrogens is 528 g/mol. The maximum Gasteiger partial charge on any atom is 0.203 e. The van der Waals surface area contributed by atoms with Crippen LogP contribution in [0.1, 0.15) is 5.56 Å². The second kappa shape index (κ2) is 7.29. The van der Waals surface area contributed by atoms with Gasteiger partial charge < -0.3 is 9.45 Å². The summed E-state index contributed by atoms with van der Waals surface area (Å²) in [6.07, 6.45) is 5.55. The van der Waals surface area contributed by atoms with E-state index in [1.54, 1.807) is 6.08 Å². The number of thiocarbonyl (C=S) groups is 1. The van der Waals surface area contributed by atoms with Crippen molar-refractivity contribution in [2.45, 2.75) is 4.75 Å². The Kier molecular flexibility index (Phi) is 6.15. The van der Waals surface area contributed by atoms with Crippen LogP contribution in [0, 0.1) is 7.14 Å². The van der Waals surface area contributed by atoms with Gasteiger partial charge in [0.25, 0.3) is 0 Å². The zero-order valence-electron chi connectivity index (χ0n) is 11.5. The van der Waals surface area contributed by atoms with Gasteiger partial charge in [-0.2, -0.15) is 0 Å². The third-order valence-electron chi connectivity index (χ3n) is 3.34. The van der Waals surface area contributed by atoms with Crippen molar-refractivity contribution in [2.75, 3.05) is 19.3 Å². The predicted octanol–water partition coefficient (Wildman–Crippen LogP) is 3.85. The van der Waals surface area contributed by atoms with E-state index in [4.69, 9.17) is 12.2 Å². The Morgan fingerprint density at radius 1 is 1.43 bits per heavy atom. The Hall–Kier alpha value is 0.360. The second-order valence-corrected chi connectivity index (χ2v) is 9.53. The summed E-state index contributed by atoms with van der Waals surface area (Å²) in [5.41, 5.74) is 1.03. The first-order valence-electron chi connectivity index (χ1n) is 6.29. The van der Waals surface area contributed by atoms with Crippen LogP contribution in [0.5, 0.6) is 0 Å². The smallest absolute Gasteiger partial charge is 0.203 e. The van der Waals surface area contributed by atoms with Crippen molar-refractivity contribution in [1.82, 2.24) is 4.90 Å². The summed E-state index contributed by atoms with van der Waals surface area (Å²) >= 11 is 9.05. The molecule has 2 rings (SSSR count). The number of rotatable bonds is 4. The molecule has 2 unspecified atom stereocenters. The summed E-state index contributed by atoms with van der Waals surface area (Å²) < 4.78 is 14.6. The molecule has 1 aliphatic rings. The molecule has 2 atom stereocenters.